The van der Waals surface area contributed by atoms with Crippen LogP contribution in [0.5, 0.6) is 0 Å². The van der Waals surface area contributed by atoms with Crippen LogP contribution in [0.1, 0.15) is 12.5 Å². The van der Waals surface area contributed by atoms with Crippen LogP contribution in [0.2, 0.25) is 0 Å². The number of terminal acetylenes is 1. The van der Waals surface area contributed by atoms with E-state index in [9.17, 15) is 0 Å². The molecule has 1 aromatic carbocycles. The monoisotopic (exact) mass is 444 g/mol. The molecule has 0 unspecified atom stereocenters. The maximum Gasteiger partial charge on any atom is 0.192 e. The lowest BCUT2D eigenvalue weighted by atomic mass is 10.2. The van der Waals surface area contributed by atoms with Gasteiger partial charge in [0.2, 0.25) is 0 Å². The summed E-state index contributed by atoms with van der Waals surface area (Å²) in [5, 5.41) is 6.28. The molecule has 23 heavy (non-hydrogen) atoms. The molecule has 6 heteroatoms. The normalized spacial score (nSPS) is 14.6. The van der Waals surface area contributed by atoms with Gasteiger partial charge in [-0.25, -0.2) is 4.99 Å². The average molecular weight is 444 g/mol. The molecule has 0 atom stereocenters. The van der Waals surface area contributed by atoms with Gasteiger partial charge in [0.15, 0.2) is 5.96 Å². The van der Waals surface area contributed by atoms with E-state index in [0.717, 1.165) is 25.6 Å². The van der Waals surface area contributed by atoms with Crippen LogP contribution in [0, 0.1) is 12.3 Å². The molecule has 0 radical (unpaired) electrons. The van der Waals surface area contributed by atoms with Crippen LogP contribution in [-0.4, -0.2) is 43.6 Å². The van der Waals surface area contributed by atoms with Crippen molar-refractivity contribution in [2.24, 2.45) is 4.99 Å². The Morgan fingerprint density at radius 3 is 2.57 bits per heavy atom. The van der Waals surface area contributed by atoms with Crippen molar-refractivity contribution in [2.45, 2.75) is 13.5 Å². The summed E-state index contributed by atoms with van der Waals surface area (Å²) in [5.74, 6) is 5.76. The minimum atomic E-state index is 0. The minimum absolute atomic E-state index is 0. The number of thioether (sulfide) groups is 1. The van der Waals surface area contributed by atoms with Gasteiger partial charge in [0.05, 0.1) is 13.1 Å². The van der Waals surface area contributed by atoms with Crippen molar-refractivity contribution in [3.63, 3.8) is 0 Å². The molecular weight excluding hydrogens is 419 g/mol. The second-order valence-electron chi connectivity index (χ2n) is 5.02. The first-order valence-corrected chi connectivity index (χ1v) is 8.86. The molecule has 0 spiro atoms. The summed E-state index contributed by atoms with van der Waals surface area (Å²) in [6, 6.07) is 8.71. The Labute approximate surface area is 160 Å². The van der Waals surface area contributed by atoms with E-state index in [-0.39, 0.29) is 24.0 Å². The molecule has 4 nitrogen and oxygen atoms in total. The number of anilines is 1. The number of guanidine groups is 1. The molecule has 0 aromatic heterocycles. The quantitative estimate of drug-likeness (QED) is 0.317. The third-order valence-corrected chi connectivity index (χ3v) is 4.38. The summed E-state index contributed by atoms with van der Waals surface area (Å²) >= 11 is 2.03. The topological polar surface area (TPSA) is 39.7 Å². The molecule has 1 aliphatic rings. The van der Waals surface area contributed by atoms with Gasteiger partial charge in [-0.15, -0.1) is 30.4 Å². The number of hydrogen-bond donors (Lipinski definition) is 2. The Kier molecular flexibility index (Phi) is 9.96. The number of nitrogens with zero attached hydrogens (tertiary/aromatic N) is 2. The molecule has 1 aliphatic heterocycles. The molecule has 1 fully saturated rings. The highest BCUT2D eigenvalue weighted by atomic mass is 127. The minimum Gasteiger partial charge on any atom is -0.370 e. The van der Waals surface area contributed by atoms with Crippen LogP contribution in [0.15, 0.2) is 29.3 Å². The van der Waals surface area contributed by atoms with Gasteiger partial charge in [0.25, 0.3) is 0 Å². The molecule has 1 heterocycles. The number of nitrogens with one attached hydrogen (secondary N) is 2. The summed E-state index contributed by atoms with van der Waals surface area (Å²) in [5.41, 5.74) is 2.51. The van der Waals surface area contributed by atoms with Crippen LogP contribution in [0.25, 0.3) is 0 Å². The molecule has 1 saturated heterocycles. The average Bonchev–Trinajstić information content (AvgIpc) is 2.58. The zero-order valence-corrected chi connectivity index (χ0v) is 16.7. The van der Waals surface area contributed by atoms with E-state index >= 15 is 0 Å². The third-order valence-electron chi connectivity index (χ3n) is 3.43. The zero-order valence-electron chi connectivity index (χ0n) is 13.5. The molecule has 0 amide bonds. The van der Waals surface area contributed by atoms with E-state index in [1.165, 1.54) is 22.8 Å². The van der Waals surface area contributed by atoms with Crippen molar-refractivity contribution < 1.29 is 0 Å². The lowest BCUT2D eigenvalue weighted by Crippen LogP contribution is -2.37. The second kappa shape index (κ2) is 11.5. The molecule has 2 rings (SSSR count). The van der Waals surface area contributed by atoms with Crippen molar-refractivity contribution in [3.05, 3.63) is 29.8 Å². The molecular formula is C17H25IN4S. The van der Waals surface area contributed by atoms with Crippen molar-refractivity contribution in [2.75, 3.05) is 42.6 Å². The first-order chi connectivity index (χ1) is 10.8. The number of halogens is 1. The van der Waals surface area contributed by atoms with Crippen LogP contribution in [0.4, 0.5) is 5.69 Å². The van der Waals surface area contributed by atoms with Crippen molar-refractivity contribution >= 4 is 47.4 Å². The van der Waals surface area contributed by atoms with Gasteiger partial charge < -0.3 is 15.5 Å². The standard InChI is InChI=1S/C17H24N4S.HI/c1-3-9-19-17(18-4-2)20-14-15-5-7-16(8-6-15)21-10-12-22-13-11-21;/h1,5-8H,4,9-14H2,2H3,(H2,18,19,20);1H. The van der Waals surface area contributed by atoms with E-state index in [1.54, 1.807) is 0 Å². The van der Waals surface area contributed by atoms with E-state index in [4.69, 9.17) is 6.42 Å². The molecule has 2 N–H and O–H groups in total. The van der Waals surface area contributed by atoms with E-state index in [0.29, 0.717) is 13.1 Å². The number of benzene rings is 1. The maximum atomic E-state index is 5.27. The first kappa shape index (κ1) is 20.0. The first-order valence-electron chi connectivity index (χ1n) is 7.70. The van der Waals surface area contributed by atoms with Crippen LogP contribution >= 0.6 is 35.7 Å². The Morgan fingerprint density at radius 1 is 1.26 bits per heavy atom. The third kappa shape index (κ3) is 6.92. The van der Waals surface area contributed by atoms with Gasteiger partial charge in [-0.1, -0.05) is 18.1 Å². The van der Waals surface area contributed by atoms with Crippen LogP contribution in [-0.2, 0) is 6.54 Å². The highest BCUT2D eigenvalue weighted by Gasteiger charge is 2.10. The Balaban J connectivity index is 0.00000264. The summed E-state index contributed by atoms with van der Waals surface area (Å²) in [6.07, 6.45) is 5.27. The highest BCUT2D eigenvalue weighted by Crippen LogP contribution is 2.20. The number of aliphatic imine (C=N–C) groups is 1. The Morgan fingerprint density at radius 2 is 1.96 bits per heavy atom. The van der Waals surface area contributed by atoms with Crippen molar-refractivity contribution in [1.82, 2.24) is 10.6 Å². The fourth-order valence-corrected chi connectivity index (χ4v) is 3.18. The SMILES string of the molecule is C#CCNC(=NCc1ccc(N2CCSCC2)cc1)NCC.I. The lowest BCUT2D eigenvalue weighted by Gasteiger charge is -2.28. The molecule has 1 aromatic rings. The van der Waals surface area contributed by atoms with Gasteiger partial charge in [-0.3, -0.25) is 0 Å². The fraction of sp³-hybridized carbons (Fsp3) is 0.471. The summed E-state index contributed by atoms with van der Waals surface area (Å²) < 4.78 is 0. The lowest BCUT2D eigenvalue weighted by molar-refractivity contribution is 0.855. The summed E-state index contributed by atoms with van der Waals surface area (Å²) in [4.78, 5) is 6.99. The van der Waals surface area contributed by atoms with Gasteiger partial charge in [-0.2, -0.15) is 11.8 Å². The van der Waals surface area contributed by atoms with E-state index in [2.05, 4.69) is 50.7 Å². The number of rotatable bonds is 5. The highest BCUT2D eigenvalue weighted by molar-refractivity contribution is 14.0. The zero-order chi connectivity index (χ0) is 15.6. The molecule has 0 aliphatic carbocycles. The molecule has 126 valence electrons. The maximum absolute atomic E-state index is 5.27. The summed E-state index contributed by atoms with van der Waals surface area (Å²) in [7, 11) is 0. The van der Waals surface area contributed by atoms with Gasteiger partial charge in [0.1, 0.15) is 0 Å². The second-order valence-corrected chi connectivity index (χ2v) is 6.24. The molecule has 0 saturated carbocycles. The molecule has 0 bridgehead atoms. The number of hydrogen-bond acceptors (Lipinski definition) is 3. The summed E-state index contributed by atoms with van der Waals surface area (Å²) in [6.45, 7) is 6.28. The van der Waals surface area contributed by atoms with E-state index in [1.807, 2.05) is 18.7 Å². The van der Waals surface area contributed by atoms with Crippen LogP contribution in [0.3, 0.4) is 0 Å². The van der Waals surface area contributed by atoms with Gasteiger partial charge in [-0.05, 0) is 24.6 Å². The predicted octanol–water partition coefficient (Wildman–Crippen LogP) is 2.55. The smallest absolute Gasteiger partial charge is 0.192 e. The Bertz CT molecular complexity index is 518. The predicted molar refractivity (Wildman–Crippen MR) is 113 cm³/mol. The van der Waals surface area contributed by atoms with E-state index < -0.39 is 0 Å². The van der Waals surface area contributed by atoms with Crippen LogP contribution < -0.4 is 15.5 Å². The largest absolute Gasteiger partial charge is 0.370 e. The Hall–Kier alpha value is -1.07. The fourth-order valence-electron chi connectivity index (χ4n) is 2.28. The van der Waals surface area contributed by atoms with Gasteiger partial charge >= 0.3 is 0 Å². The van der Waals surface area contributed by atoms with Crippen molar-refractivity contribution in [1.29, 1.82) is 0 Å². The van der Waals surface area contributed by atoms with Gasteiger partial charge in [0, 0.05) is 36.8 Å². The van der Waals surface area contributed by atoms with Crippen molar-refractivity contribution in [3.8, 4) is 12.3 Å².